The smallest absolute Gasteiger partial charge is 0.105 e. The molecule has 0 bridgehead atoms. The van der Waals surface area contributed by atoms with E-state index in [4.69, 9.17) is 11.6 Å². The number of halogens is 1. The molecule has 1 N–H and O–H groups in total. The number of thioether (sulfide) groups is 1. The highest BCUT2D eigenvalue weighted by Crippen LogP contribution is 2.30. The van der Waals surface area contributed by atoms with E-state index in [0.29, 0.717) is 5.02 Å². The molecule has 3 rings (SSSR count). The Morgan fingerprint density at radius 2 is 1.62 bits per heavy atom. The van der Waals surface area contributed by atoms with Crippen molar-refractivity contribution in [3.63, 3.8) is 0 Å². The zero-order valence-electron chi connectivity index (χ0n) is 12.3. The minimum Gasteiger partial charge on any atom is -0.382 e. The Morgan fingerprint density at radius 1 is 1.05 bits per heavy atom. The van der Waals surface area contributed by atoms with Gasteiger partial charge in [0.05, 0.1) is 5.02 Å². The fraction of sp³-hybridized carbons (Fsp3) is 0.294. The van der Waals surface area contributed by atoms with Crippen LogP contribution in [-0.2, 0) is 0 Å². The van der Waals surface area contributed by atoms with E-state index in [9.17, 15) is 5.11 Å². The van der Waals surface area contributed by atoms with Gasteiger partial charge in [0.1, 0.15) is 5.44 Å². The Hall–Kier alpha value is -1.00. The van der Waals surface area contributed by atoms with Gasteiger partial charge in [0.2, 0.25) is 0 Å². The van der Waals surface area contributed by atoms with Crippen LogP contribution in [0.4, 0.5) is 0 Å². The quantitative estimate of drug-likeness (QED) is 0.568. The number of benzene rings is 2. The summed E-state index contributed by atoms with van der Waals surface area (Å²) < 4.78 is 0. The number of hydrogen-bond acceptors (Lipinski definition) is 3. The van der Waals surface area contributed by atoms with Crippen LogP contribution in [0, 0.1) is 10.4 Å². The van der Waals surface area contributed by atoms with Crippen LogP contribution in [0.5, 0.6) is 0 Å². The van der Waals surface area contributed by atoms with E-state index in [1.807, 2.05) is 38.4 Å². The van der Waals surface area contributed by atoms with E-state index in [-0.39, 0.29) is 0 Å². The second kappa shape index (κ2) is 7.85. The van der Waals surface area contributed by atoms with Crippen molar-refractivity contribution in [2.24, 2.45) is 0 Å². The summed E-state index contributed by atoms with van der Waals surface area (Å²) in [7, 11) is 3.99. The van der Waals surface area contributed by atoms with Gasteiger partial charge in [0, 0.05) is 11.4 Å². The van der Waals surface area contributed by atoms with Gasteiger partial charge in [-0.25, -0.2) is 0 Å². The monoisotopic (exact) mass is 321 g/mol. The third-order valence-corrected chi connectivity index (χ3v) is 4.70. The summed E-state index contributed by atoms with van der Waals surface area (Å²) in [5.41, 5.74) is -0.396. The molecule has 1 unspecified atom stereocenters. The van der Waals surface area contributed by atoms with Crippen LogP contribution in [0.15, 0.2) is 53.4 Å². The Morgan fingerprint density at radius 3 is 2.05 bits per heavy atom. The Labute approximate surface area is 135 Å². The summed E-state index contributed by atoms with van der Waals surface area (Å²) in [5.74, 6) is 0. The summed E-state index contributed by atoms with van der Waals surface area (Å²) in [6.45, 7) is 0.874. The van der Waals surface area contributed by atoms with Gasteiger partial charge in [-0.15, -0.1) is 0 Å². The Balaban J connectivity index is 0.000000218. The largest absolute Gasteiger partial charge is 0.382 e. The third-order valence-electron chi connectivity index (χ3n) is 3.14. The number of hydrogen-bond donors (Lipinski definition) is 1. The predicted octanol–water partition coefficient (Wildman–Crippen LogP) is 3.99. The summed E-state index contributed by atoms with van der Waals surface area (Å²) in [5, 5.41) is 13.3. The Kier molecular flexibility index (Phi) is 6.12. The molecule has 0 amide bonds. The number of nitrogens with zero attached hydrogens (tertiary/aromatic N) is 1. The second-order valence-electron chi connectivity index (χ2n) is 5.17. The first-order valence-electron chi connectivity index (χ1n) is 6.90. The highest BCUT2D eigenvalue weighted by molar-refractivity contribution is 7.99. The molecule has 112 valence electrons. The number of rotatable bonds is 5. The van der Waals surface area contributed by atoms with Crippen molar-refractivity contribution in [3.05, 3.63) is 64.0 Å². The third kappa shape index (κ3) is 5.04. The zero-order valence-corrected chi connectivity index (χ0v) is 13.9. The lowest BCUT2D eigenvalue weighted by Gasteiger charge is -2.14. The van der Waals surface area contributed by atoms with Crippen LogP contribution in [0.3, 0.4) is 0 Å². The molecule has 0 aromatic heterocycles. The predicted molar refractivity (Wildman–Crippen MR) is 90.6 cm³/mol. The van der Waals surface area contributed by atoms with Crippen LogP contribution in [0.1, 0.15) is 6.42 Å². The molecule has 1 atom stereocenters. The lowest BCUT2D eigenvalue weighted by molar-refractivity contribution is 0.232. The standard InChI is InChI=1S/C11H16ClNOS.C6H4/c1-13(2)8-7-11(14)15-10-6-4-3-5-9(10)12;1-2-6-4-3-5(1)6/h3-6,11,14H,7-8H2,1-2H3;1-4H. The van der Waals surface area contributed by atoms with Gasteiger partial charge in [-0.2, -0.15) is 0 Å². The molecular formula is C17H20ClNOS. The van der Waals surface area contributed by atoms with Gasteiger partial charge < -0.3 is 10.0 Å². The van der Waals surface area contributed by atoms with Crippen molar-refractivity contribution in [2.75, 3.05) is 20.6 Å². The molecule has 4 heteroatoms. The van der Waals surface area contributed by atoms with Crippen molar-refractivity contribution in [2.45, 2.75) is 16.8 Å². The van der Waals surface area contributed by atoms with Crippen LogP contribution < -0.4 is 0 Å². The summed E-state index contributed by atoms with van der Waals surface area (Å²) in [4.78, 5) is 2.99. The minimum atomic E-state index is -0.396. The van der Waals surface area contributed by atoms with Gasteiger partial charge in [0.25, 0.3) is 0 Å². The van der Waals surface area contributed by atoms with E-state index in [0.717, 1.165) is 17.9 Å². The maximum atomic E-state index is 9.75. The SMILES string of the molecule is CN(C)CCC(O)Sc1ccccc1Cl.c1cc2ccc1=2. The zero-order chi connectivity index (χ0) is 15.2. The Bertz CT molecular complexity index is 624. The maximum Gasteiger partial charge on any atom is 0.105 e. The van der Waals surface area contributed by atoms with Crippen LogP contribution in [0.25, 0.3) is 0 Å². The van der Waals surface area contributed by atoms with E-state index in [1.54, 1.807) is 0 Å². The summed E-state index contributed by atoms with van der Waals surface area (Å²) in [6.07, 6.45) is 0.739. The molecule has 0 saturated heterocycles. The van der Waals surface area contributed by atoms with Gasteiger partial charge in [0.15, 0.2) is 0 Å². The fourth-order valence-corrected chi connectivity index (χ4v) is 2.90. The van der Waals surface area contributed by atoms with Crippen molar-refractivity contribution in [3.8, 4) is 0 Å². The van der Waals surface area contributed by atoms with Gasteiger partial charge >= 0.3 is 0 Å². The summed E-state index contributed by atoms with van der Waals surface area (Å²) >= 11 is 7.40. The van der Waals surface area contributed by atoms with E-state index < -0.39 is 5.44 Å². The molecule has 2 aliphatic carbocycles. The molecular weight excluding hydrogens is 302 g/mol. The average Bonchev–Trinajstić information content (AvgIpc) is 2.44. The van der Waals surface area contributed by atoms with Gasteiger partial charge in [-0.3, -0.25) is 0 Å². The molecule has 0 heterocycles. The van der Waals surface area contributed by atoms with Gasteiger partial charge in [-0.05, 0) is 43.1 Å². The average molecular weight is 322 g/mol. The minimum absolute atomic E-state index is 0.396. The highest BCUT2D eigenvalue weighted by atomic mass is 35.5. The van der Waals surface area contributed by atoms with Crippen LogP contribution in [-0.4, -0.2) is 36.1 Å². The first-order valence-corrected chi connectivity index (χ1v) is 8.16. The second-order valence-corrected chi connectivity index (χ2v) is 6.80. The van der Waals surface area contributed by atoms with Crippen LogP contribution >= 0.6 is 23.4 Å². The first kappa shape index (κ1) is 16.4. The summed E-state index contributed by atoms with van der Waals surface area (Å²) in [6, 6.07) is 16.1. The molecule has 2 aliphatic rings. The molecule has 0 aliphatic heterocycles. The molecule has 2 nitrogen and oxygen atoms in total. The molecule has 1 aromatic carbocycles. The topological polar surface area (TPSA) is 23.5 Å². The fourth-order valence-electron chi connectivity index (χ4n) is 1.78. The molecule has 0 spiro atoms. The van der Waals surface area contributed by atoms with Crippen molar-refractivity contribution in [1.29, 1.82) is 0 Å². The first-order chi connectivity index (χ1) is 10.1. The van der Waals surface area contributed by atoms with Crippen molar-refractivity contribution >= 4 is 23.4 Å². The number of aliphatic hydroxyl groups is 1. The number of aliphatic hydroxyl groups excluding tert-OH is 1. The molecule has 21 heavy (non-hydrogen) atoms. The molecule has 1 aromatic rings. The highest BCUT2D eigenvalue weighted by Gasteiger charge is 2.08. The van der Waals surface area contributed by atoms with E-state index in [2.05, 4.69) is 29.2 Å². The maximum absolute atomic E-state index is 9.75. The van der Waals surface area contributed by atoms with Crippen molar-refractivity contribution < 1.29 is 5.11 Å². The van der Waals surface area contributed by atoms with E-state index in [1.165, 1.54) is 22.2 Å². The normalized spacial score (nSPS) is 12.6. The molecule has 0 saturated carbocycles. The van der Waals surface area contributed by atoms with E-state index >= 15 is 0 Å². The lowest BCUT2D eigenvalue weighted by Crippen LogP contribution is -2.17. The van der Waals surface area contributed by atoms with Crippen LogP contribution in [0.2, 0.25) is 5.02 Å². The molecule has 0 radical (unpaired) electrons. The van der Waals surface area contributed by atoms with Gasteiger partial charge in [-0.1, -0.05) is 59.8 Å². The van der Waals surface area contributed by atoms with Crippen molar-refractivity contribution in [1.82, 2.24) is 4.90 Å². The lowest BCUT2D eigenvalue weighted by atomic mass is 10.1. The molecule has 0 fully saturated rings.